The first-order valence-electron chi connectivity index (χ1n) is 5.34. The van der Waals surface area contributed by atoms with Gasteiger partial charge in [0.15, 0.2) is 4.96 Å². The molecular formula is C11H15BrN2S. The molecule has 0 amide bonds. The number of imidazole rings is 1. The molecule has 0 saturated heterocycles. The van der Waals surface area contributed by atoms with Crippen LogP contribution in [-0.2, 0) is 6.42 Å². The van der Waals surface area contributed by atoms with Gasteiger partial charge in [0.25, 0.3) is 0 Å². The molecule has 15 heavy (non-hydrogen) atoms. The van der Waals surface area contributed by atoms with E-state index in [2.05, 4.69) is 50.0 Å². The molecule has 2 aromatic rings. The van der Waals surface area contributed by atoms with Crippen LogP contribution in [0.2, 0.25) is 0 Å². The van der Waals surface area contributed by atoms with E-state index in [4.69, 9.17) is 0 Å². The van der Waals surface area contributed by atoms with Crippen LogP contribution in [0.1, 0.15) is 31.9 Å². The monoisotopic (exact) mass is 286 g/mol. The normalized spacial score (nSPS) is 13.5. The molecule has 0 saturated carbocycles. The van der Waals surface area contributed by atoms with E-state index < -0.39 is 0 Å². The summed E-state index contributed by atoms with van der Waals surface area (Å²) in [6.45, 7) is 2.21. The first-order chi connectivity index (χ1) is 7.29. The van der Waals surface area contributed by atoms with E-state index >= 15 is 0 Å². The lowest BCUT2D eigenvalue weighted by molar-refractivity contribution is 0.684. The zero-order chi connectivity index (χ0) is 10.7. The maximum absolute atomic E-state index is 4.56. The van der Waals surface area contributed by atoms with Gasteiger partial charge < -0.3 is 0 Å². The quantitative estimate of drug-likeness (QED) is 0.763. The van der Waals surface area contributed by atoms with Gasteiger partial charge in [-0.05, 0) is 25.7 Å². The van der Waals surface area contributed by atoms with Crippen LogP contribution in [-0.4, -0.2) is 14.2 Å². The number of halogens is 1. The number of hydrogen-bond donors (Lipinski definition) is 0. The minimum absolute atomic E-state index is 0.668. The van der Waals surface area contributed by atoms with Crippen molar-refractivity contribution in [1.29, 1.82) is 0 Å². The second-order valence-corrected chi connectivity index (χ2v) is 5.89. The van der Waals surface area contributed by atoms with Crippen LogP contribution in [0.4, 0.5) is 0 Å². The van der Waals surface area contributed by atoms with Crippen molar-refractivity contribution in [3.8, 4) is 0 Å². The van der Waals surface area contributed by atoms with Crippen molar-refractivity contribution in [3.63, 3.8) is 0 Å². The molecule has 0 aliphatic rings. The number of fused-ring (bicyclic) bond motifs is 1. The molecule has 0 radical (unpaired) electrons. The molecule has 1 atom stereocenters. The molecule has 0 fully saturated rings. The molecular weight excluding hydrogens is 272 g/mol. The topological polar surface area (TPSA) is 17.3 Å². The van der Waals surface area contributed by atoms with Gasteiger partial charge in [-0.2, -0.15) is 0 Å². The summed E-state index contributed by atoms with van der Waals surface area (Å²) in [5.41, 5.74) is 1.22. The van der Waals surface area contributed by atoms with Crippen molar-refractivity contribution in [2.24, 2.45) is 0 Å². The molecule has 2 rings (SSSR count). The summed E-state index contributed by atoms with van der Waals surface area (Å²) in [6.07, 6.45) is 8.96. The average Bonchev–Trinajstić information content (AvgIpc) is 2.77. The molecule has 0 spiro atoms. The van der Waals surface area contributed by atoms with Crippen LogP contribution < -0.4 is 0 Å². The molecule has 0 aliphatic carbocycles. The molecule has 2 aromatic heterocycles. The highest BCUT2D eigenvalue weighted by Crippen LogP contribution is 2.16. The lowest BCUT2D eigenvalue weighted by Crippen LogP contribution is -1.96. The largest absolute Gasteiger partial charge is 0.297 e. The number of aryl methyl sites for hydroxylation is 1. The van der Waals surface area contributed by atoms with Crippen molar-refractivity contribution in [2.45, 2.75) is 37.4 Å². The Morgan fingerprint density at radius 2 is 2.47 bits per heavy atom. The van der Waals surface area contributed by atoms with Crippen molar-refractivity contribution in [1.82, 2.24) is 9.38 Å². The average molecular weight is 287 g/mol. The third-order valence-electron chi connectivity index (χ3n) is 2.54. The Morgan fingerprint density at radius 1 is 1.60 bits per heavy atom. The summed E-state index contributed by atoms with van der Waals surface area (Å²) in [4.78, 5) is 6.34. The Bertz CT molecular complexity index is 392. The standard InChI is InChI=1S/C11H15BrN2S/c1-2-9(12)4-3-5-10-8-14-6-7-15-11(14)13-10/h6-9H,2-5H2,1H3. The Balaban J connectivity index is 1.87. The van der Waals surface area contributed by atoms with Gasteiger partial charge in [-0.3, -0.25) is 4.40 Å². The predicted molar refractivity (Wildman–Crippen MR) is 69.0 cm³/mol. The third-order valence-corrected chi connectivity index (χ3v) is 4.41. The maximum Gasteiger partial charge on any atom is 0.193 e. The maximum atomic E-state index is 4.56. The first kappa shape index (κ1) is 11.1. The molecule has 0 aliphatic heterocycles. The Labute approximate surface area is 102 Å². The lowest BCUT2D eigenvalue weighted by Gasteiger charge is -2.04. The Morgan fingerprint density at radius 3 is 3.20 bits per heavy atom. The zero-order valence-electron chi connectivity index (χ0n) is 8.82. The molecule has 0 N–H and O–H groups in total. The van der Waals surface area contributed by atoms with Crippen LogP contribution in [0.5, 0.6) is 0 Å². The molecule has 82 valence electrons. The van der Waals surface area contributed by atoms with E-state index in [1.165, 1.54) is 25.0 Å². The van der Waals surface area contributed by atoms with Gasteiger partial charge in [-0.15, -0.1) is 11.3 Å². The van der Waals surface area contributed by atoms with Gasteiger partial charge in [-0.1, -0.05) is 22.9 Å². The van der Waals surface area contributed by atoms with E-state index in [-0.39, 0.29) is 0 Å². The van der Waals surface area contributed by atoms with Crippen LogP contribution in [0, 0.1) is 0 Å². The molecule has 0 aromatic carbocycles. The smallest absolute Gasteiger partial charge is 0.193 e. The third kappa shape index (κ3) is 2.82. The van der Waals surface area contributed by atoms with Crippen LogP contribution in [0.3, 0.4) is 0 Å². The van der Waals surface area contributed by atoms with Crippen molar-refractivity contribution in [3.05, 3.63) is 23.5 Å². The minimum Gasteiger partial charge on any atom is -0.297 e. The minimum atomic E-state index is 0.668. The highest BCUT2D eigenvalue weighted by atomic mass is 79.9. The Hall–Kier alpha value is -0.350. The summed E-state index contributed by atoms with van der Waals surface area (Å²) in [5.74, 6) is 0. The van der Waals surface area contributed by atoms with Crippen molar-refractivity contribution >= 4 is 32.2 Å². The van der Waals surface area contributed by atoms with Gasteiger partial charge >= 0.3 is 0 Å². The van der Waals surface area contributed by atoms with E-state index in [0.717, 1.165) is 11.4 Å². The fraction of sp³-hybridized carbons (Fsp3) is 0.545. The fourth-order valence-corrected chi connectivity index (χ4v) is 2.65. The van der Waals surface area contributed by atoms with E-state index in [1.807, 2.05) is 0 Å². The second-order valence-electron chi connectivity index (χ2n) is 3.72. The number of hydrogen-bond acceptors (Lipinski definition) is 2. The fourth-order valence-electron chi connectivity index (χ4n) is 1.61. The number of thiazole rings is 1. The summed E-state index contributed by atoms with van der Waals surface area (Å²) < 4.78 is 2.10. The van der Waals surface area contributed by atoms with Crippen LogP contribution in [0.15, 0.2) is 17.8 Å². The molecule has 2 heterocycles. The van der Waals surface area contributed by atoms with Gasteiger partial charge in [0.05, 0.1) is 5.69 Å². The molecule has 1 unspecified atom stereocenters. The highest BCUT2D eigenvalue weighted by molar-refractivity contribution is 9.09. The highest BCUT2D eigenvalue weighted by Gasteiger charge is 2.04. The van der Waals surface area contributed by atoms with Gasteiger partial charge in [0.2, 0.25) is 0 Å². The van der Waals surface area contributed by atoms with Gasteiger partial charge in [-0.25, -0.2) is 4.98 Å². The summed E-state index contributed by atoms with van der Waals surface area (Å²) in [5, 5.41) is 2.07. The number of alkyl halides is 1. The van der Waals surface area contributed by atoms with E-state index in [0.29, 0.717) is 4.83 Å². The Kier molecular flexibility index (Phi) is 3.81. The number of nitrogens with zero attached hydrogens (tertiary/aromatic N) is 2. The first-order valence-corrected chi connectivity index (χ1v) is 7.14. The van der Waals surface area contributed by atoms with Gasteiger partial charge in [0, 0.05) is 22.6 Å². The predicted octanol–water partition coefficient (Wildman–Crippen LogP) is 3.89. The SMILES string of the molecule is CCC(Br)CCCc1cn2ccsc2n1. The molecule has 4 heteroatoms. The molecule has 2 nitrogen and oxygen atoms in total. The van der Waals surface area contributed by atoms with Crippen molar-refractivity contribution in [2.75, 3.05) is 0 Å². The molecule has 0 bridgehead atoms. The summed E-state index contributed by atoms with van der Waals surface area (Å²) in [7, 11) is 0. The summed E-state index contributed by atoms with van der Waals surface area (Å²) >= 11 is 5.35. The van der Waals surface area contributed by atoms with Crippen LogP contribution in [0.25, 0.3) is 4.96 Å². The number of aromatic nitrogens is 2. The summed E-state index contributed by atoms with van der Waals surface area (Å²) in [6, 6.07) is 0. The lowest BCUT2D eigenvalue weighted by atomic mass is 10.1. The van der Waals surface area contributed by atoms with Crippen molar-refractivity contribution < 1.29 is 0 Å². The zero-order valence-corrected chi connectivity index (χ0v) is 11.2. The second kappa shape index (κ2) is 5.12. The number of rotatable bonds is 5. The van der Waals surface area contributed by atoms with E-state index in [9.17, 15) is 0 Å². The van der Waals surface area contributed by atoms with Gasteiger partial charge in [0.1, 0.15) is 0 Å². The van der Waals surface area contributed by atoms with E-state index in [1.54, 1.807) is 11.3 Å². The van der Waals surface area contributed by atoms with Crippen LogP contribution >= 0.6 is 27.3 Å².